The number of para-hydroxylation sites is 1. The number of phenolic OH excluding ortho intramolecular Hbond substituents is 2. The van der Waals surface area contributed by atoms with Gasteiger partial charge in [0.1, 0.15) is 5.82 Å². The third-order valence-corrected chi connectivity index (χ3v) is 6.19. The average molecular weight is 472 g/mol. The van der Waals surface area contributed by atoms with Crippen LogP contribution in [0.5, 0.6) is 17.2 Å². The van der Waals surface area contributed by atoms with Gasteiger partial charge in [-0.3, -0.25) is 0 Å². The molecule has 3 aromatic carbocycles. The zero-order chi connectivity index (χ0) is 22.7. The van der Waals surface area contributed by atoms with Crippen LogP contribution >= 0.6 is 23.5 Å². The van der Waals surface area contributed by atoms with Gasteiger partial charge in [0.05, 0.1) is 30.8 Å². The number of aromatic hydroxyl groups is 2. The molecule has 32 heavy (non-hydrogen) atoms. The molecule has 0 aliphatic carbocycles. The molecular formula is C23H22ClN3O4S. The maximum Gasteiger partial charge on any atom is 0.200 e. The number of aliphatic hydroxyl groups is 1. The minimum atomic E-state index is -0.444. The Bertz CT molecular complexity index is 1230. The molecule has 4 aromatic rings. The molecule has 9 heteroatoms. The summed E-state index contributed by atoms with van der Waals surface area (Å²) in [6.45, 7) is -0.192. The standard InChI is InChI=1S/C23H22ClN3O4S/c1-31-21-10-14(9-20(29)22(21)30)23-25-18-8-7-17(32-26-15-5-3-2-4-6-15)11-19(18)27(23)16(12-24)13-28/h2-11,16,26,28-30H,12-13H2,1H3. The molecule has 7 nitrogen and oxygen atoms in total. The largest absolute Gasteiger partial charge is 0.504 e. The number of aromatic nitrogens is 2. The molecule has 1 atom stereocenters. The summed E-state index contributed by atoms with van der Waals surface area (Å²) in [7, 11) is 1.40. The third-order valence-electron chi connectivity index (χ3n) is 5.01. The van der Waals surface area contributed by atoms with Gasteiger partial charge in [-0.25, -0.2) is 4.98 Å². The lowest BCUT2D eigenvalue weighted by atomic mass is 10.1. The molecule has 4 rings (SSSR count). The summed E-state index contributed by atoms with van der Waals surface area (Å²) in [5.74, 6) is 0.101. The average Bonchev–Trinajstić information content (AvgIpc) is 3.20. The number of aliphatic hydroxyl groups excluding tert-OH is 1. The van der Waals surface area contributed by atoms with E-state index in [9.17, 15) is 15.3 Å². The normalized spacial score (nSPS) is 12.1. The Balaban J connectivity index is 1.81. The lowest BCUT2D eigenvalue weighted by Gasteiger charge is -2.18. The molecule has 0 aliphatic heterocycles. The molecule has 4 N–H and O–H groups in total. The number of phenols is 2. The highest BCUT2D eigenvalue weighted by Gasteiger charge is 2.22. The topological polar surface area (TPSA) is 99.8 Å². The molecule has 0 saturated carbocycles. The second-order valence-electron chi connectivity index (χ2n) is 7.06. The highest BCUT2D eigenvalue weighted by atomic mass is 35.5. The molecule has 0 saturated heterocycles. The lowest BCUT2D eigenvalue weighted by molar-refractivity contribution is 0.244. The minimum absolute atomic E-state index is 0.119. The predicted molar refractivity (Wildman–Crippen MR) is 128 cm³/mol. The van der Waals surface area contributed by atoms with Crippen LogP contribution in [0.3, 0.4) is 0 Å². The van der Waals surface area contributed by atoms with Crippen LogP contribution in [-0.4, -0.2) is 44.5 Å². The van der Waals surface area contributed by atoms with Crippen molar-refractivity contribution in [3.8, 4) is 28.6 Å². The number of nitrogens with zero attached hydrogens (tertiary/aromatic N) is 2. The number of halogens is 1. The van der Waals surface area contributed by atoms with E-state index in [0.29, 0.717) is 16.9 Å². The number of hydrogen-bond acceptors (Lipinski definition) is 7. The van der Waals surface area contributed by atoms with E-state index in [1.54, 1.807) is 6.07 Å². The van der Waals surface area contributed by atoms with Crippen LogP contribution in [0.2, 0.25) is 0 Å². The van der Waals surface area contributed by atoms with Gasteiger partial charge in [0.25, 0.3) is 0 Å². The van der Waals surface area contributed by atoms with Crippen LogP contribution in [0.15, 0.2) is 65.6 Å². The quantitative estimate of drug-likeness (QED) is 0.163. The summed E-state index contributed by atoms with van der Waals surface area (Å²) in [5.41, 5.74) is 2.99. The van der Waals surface area contributed by atoms with Crippen LogP contribution < -0.4 is 9.46 Å². The summed E-state index contributed by atoms with van der Waals surface area (Å²) < 4.78 is 10.3. The van der Waals surface area contributed by atoms with Gasteiger partial charge in [-0.1, -0.05) is 18.2 Å². The SMILES string of the molecule is COc1cc(-c2nc3ccc(SNc4ccccc4)cc3n2C(CO)CCl)cc(O)c1O. The summed E-state index contributed by atoms with van der Waals surface area (Å²) in [4.78, 5) is 5.67. The highest BCUT2D eigenvalue weighted by Crippen LogP contribution is 2.41. The number of anilines is 1. The van der Waals surface area contributed by atoms with Crippen LogP contribution in [0.25, 0.3) is 22.4 Å². The summed E-state index contributed by atoms with van der Waals surface area (Å²) in [6, 6.07) is 18.2. The van der Waals surface area contributed by atoms with E-state index in [2.05, 4.69) is 4.72 Å². The Hall–Kier alpha value is -3.07. The second-order valence-corrected chi connectivity index (χ2v) is 8.25. The molecule has 0 fully saturated rings. The fraction of sp³-hybridized carbons (Fsp3) is 0.174. The zero-order valence-electron chi connectivity index (χ0n) is 17.2. The molecule has 166 valence electrons. The molecule has 0 spiro atoms. The van der Waals surface area contributed by atoms with Gasteiger partial charge in [0.15, 0.2) is 11.5 Å². The highest BCUT2D eigenvalue weighted by molar-refractivity contribution is 8.00. The van der Waals surface area contributed by atoms with Gasteiger partial charge in [0.2, 0.25) is 5.75 Å². The number of rotatable bonds is 8. The molecule has 1 aromatic heterocycles. The van der Waals surface area contributed by atoms with Crippen molar-refractivity contribution < 1.29 is 20.1 Å². The van der Waals surface area contributed by atoms with Crippen LogP contribution in [-0.2, 0) is 0 Å². The Morgan fingerprint density at radius 2 is 1.91 bits per heavy atom. The van der Waals surface area contributed by atoms with Crippen molar-refractivity contribution in [3.63, 3.8) is 0 Å². The number of nitrogens with one attached hydrogen (secondary N) is 1. The van der Waals surface area contributed by atoms with Crippen LogP contribution in [0.4, 0.5) is 5.69 Å². The van der Waals surface area contributed by atoms with Crippen molar-refractivity contribution in [3.05, 3.63) is 60.7 Å². The smallest absolute Gasteiger partial charge is 0.200 e. The molecule has 0 radical (unpaired) electrons. The first-order chi connectivity index (χ1) is 15.5. The summed E-state index contributed by atoms with van der Waals surface area (Å²) >= 11 is 7.63. The van der Waals surface area contributed by atoms with E-state index < -0.39 is 6.04 Å². The molecular weight excluding hydrogens is 450 g/mol. The number of benzene rings is 3. The Morgan fingerprint density at radius 1 is 1.12 bits per heavy atom. The Morgan fingerprint density at radius 3 is 2.59 bits per heavy atom. The maximum atomic E-state index is 10.2. The first kappa shape index (κ1) is 22.1. The van der Waals surface area contributed by atoms with E-state index in [1.807, 2.05) is 53.1 Å². The molecule has 1 unspecified atom stereocenters. The summed E-state index contributed by atoms with van der Waals surface area (Å²) in [5, 5.41) is 30.1. The van der Waals surface area contributed by atoms with Crippen molar-refractivity contribution in [2.24, 2.45) is 0 Å². The van der Waals surface area contributed by atoms with E-state index in [0.717, 1.165) is 16.1 Å². The van der Waals surface area contributed by atoms with E-state index in [-0.39, 0.29) is 29.7 Å². The first-order valence-electron chi connectivity index (χ1n) is 9.82. The van der Waals surface area contributed by atoms with Crippen LogP contribution in [0.1, 0.15) is 6.04 Å². The van der Waals surface area contributed by atoms with E-state index in [1.165, 1.54) is 25.1 Å². The number of imidazole rings is 1. The Kier molecular flexibility index (Phi) is 6.64. The van der Waals surface area contributed by atoms with Crippen LogP contribution in [0, 0.1) is 0 Å². The van der Waals surface area contributed by atoms with Gasteiger partial charge in [-0.15, -0.1) is 11.6 Å². The van der Waals surface area contributed by atoms with Gasteiger partial charge in [-0.05, 0) is 54.4 Å². The van der Waals surface area contributed by atoms with Crippen molar-refractivity contribution >= 4 is 40.3 Å². The van der Waals surface area contributed by atoms with E-state index >= 15 is 0 Å². The molecule has 0 aliphatic rings. The fourth-order valence-corrected chi connectivity index (χ4v) is 4.32. The lowest BCUT2D eigenvalue weighted by Crippen LogP contribution is -2.16. The minimum Gasteiger partial charge on any atom is -0.504 e. The predicted octanol–water partition coefficient (Wildman–Crippen LogP) is 5.01. The molecule has 1 heterocycles. The third kappa shape index (κ3) is 4.29. The second kappa shape index (κ2) is 9.60. The first-order valence-corrected chi connectivity index (χ1v) is 11.2. The van der Waals surface area contributed by atoms with Gasteiger partial charge in [0, 0.05) is 22.0 Å². The van der Waals surface area contributed by atoms with Gasteiger partial charge >= 0.3 is 0 Å². The maximum absolute atomic E-state index is 10.2. The summed E-state index contributed by atoms with van der Waals surface area (Å²) in [6.07, 6.45) is 0. The Labute approximate surface area is 194 Å². The van der Waals surface area contributed by atoms with Crippen molar-refractivity contribution in [1.29, 1.82) is 0 Å². The molecule has 0 bridgehead atoms. The zero-order valence-corrected chi connectivity index (χ0v) is 18.8. The monoisotopic (exact) mass is 471 g/mol. The van der Waals surface area contributed by atoms with Crippen molar-refractivity contribution in [2.45, 2.75) is 10.9 Å². The number of methoxy groups -OCH3 is 1. The van der Waals surface area contributed by atoms with E-state index in [4.69, 9.17) is 21.3 Å². The van der Waals surface area contributed by atoms with Crippen molar-refractivity contribution in [2.75, 3.05) is 24.3 Å². The molecule has 0 amide bonds. The number of fused-ring (bicyclic) bond motifs is 1. The van der Waals surface area contributed by atoms with Gasteiger partial charge in [-0.2, -0.15) is 0 Å². The van der Waals surface area contributed by atoms with Crippen molar-refractivity contribution in [1.82, 2.24) is 9.55 Å². The fourth-order valence-electron chi connectivity index (χ4n) is 3.41. The number of alkyl halides is 1. The number of ether oxygens (including phenoxy) is 1. The number of hydrogen-bond donors (Lipinski definition) is 4. The van der Waals surface area contributed by atoms with Gasteiger partial charge < -0.3 is 29.3 Å².